The lowest BCUT2D eigenvalue weighted by Crippen LogP contribution is -2.18. The van der Waals surface area contributed by atoms with Gasteiger partial charge in [0.1, 0.15) is 12.3 Å². The molecule has 0 aliphatic rings. The van der Waals surface area contributed by atoms with Gasteiger partial charge in [-0.2, -0.15) is 0 Å². The third-order valence-electron chi connectivity index (χ3n) is 4.03. The number of hydrogen-bond acceptors (Lipinski definition) is 4. The highest BCUT2D eigenvalue weighted by molar-refractivity contribution is 6.30. The largest absolute Gasteiger partial charge is 0.483 e. The number of nitrogens with zero attached hydrogens (tertiary/aromatic N) is 1. The van der Waals surface area contributed by atoms with Crippen molar-refractivity contribution in [2.75, 3.05) is 5.32 Å². The second-order valence-corrected chi connectivity index (χ2v) is 6.49. The van der Waals surface area contributed by atoms with E-state index in [1.54, 1.807) is 18.2 Å². The van der Waals surface area contributed by atoms with Gasteiger partial charge in [-0.15, -0.1) is 0 Å². The van der Waals surface area contributed by atoms with Gasteiger partial charge >= 0.3 is 0 Å². The Morgan fingerprint density at radius 1 is 1.14 bits per heavy atom. The summed E-state index contributed by atoms with van der Waals surface area (Å²) in [5.41, 5.74) is 2.06. The summed E-state index contributed by atoms with van der Waals surface area (Å²) in [7, 11) is 0. The van der Waals surface area contributed by atoms with Gasteiger partial charge in [-0.05, 0) is 29.8 Å². The molecule has 0 unspecified atom stereocenters. The fourth-order valence-corrected chi connectivity index (χ4v) is 2.89. The van der Waals surface area contributed by atoms with Crippen molar-refractivity contribution in [2.24, 2.45) is 0 Å². The molecule has 0 fully saturated rings. The Hall–Kier alpha value is -3.58. The number of aromatic nitrogens is 3. The van der Waals surface area contributed by atoms with E-state index in [1.807, 2.05) is 30.3 Å². The van der Waals surface area contributed by atoms with Crippen molar-refractivity contribution < 1.29 is 9.53 Å². The number of amides is 1. The molecule has 2 aromatic carbocycles. The van der Waals surface area contributed by atoms with Gasteiger partial charge in [-0.25, -0.2) is 4.98 Å². The number of ether oxygens (including phenoxy) is 1. The molecule has 0 saturated heterocycles. The van der Waals surface area contributed by atoms with Crippen LogP contribution in [0.4, 0.5) is 5.95 Å². The van der Waals surface area contributed by atoms with E-state index in [4.69, 9.17) is 16.3 Å². The number of halogens is 1. The summed E-state index contributed by atoms with van der Waals surface area (Å²) < 4.78 is 5.52. The van der Waals surface area contributed by atoms with Crippen molar-refractivity contribution in [3.63, 3.8) is 0 Å². The third kappa shape index (κ3) is 3.89. The van der Waals surface area contributed by atoms with Crippen LogP contribution < -0.4 is 15.5 Å². The maximum absolute atomic E-state index is 12.4. The molecule has 2 heterocycles. The molecule has 0 atom stereocenters. The van der Waals surface area contributed by atoms with Crippen LogP contribution in [0.1, 0.15) is 16.1 Å². The molecule has 0 spiro atoms. The first-order valence-corrected chi connectivity index (χ1v) is 8.82. The second-order valence-electron chi connectivity index (χ2n) is 6.05. The van der Waals surface area contributed by atoms with Gasteiger partial charge in [0.2, 0.25) is 11.4 Å². The Morgan fingerprint density at radius 2 is 2.00 bits per heavy atom. The van der Waals surface area contributed by atoms with Gasteiger partial charge in [-0.1, -0.05) is 35.9 Å². The highest BCUT2D eigenvalue weighted by Gasteiger charge is 2.12. The summed E-state index contributed by atoms with van der Waals surface area (Å²) in [6, 6.07) is 15.7. The summed E-state index contributed by atoms with van der Waals surface area (Å²) in [4.78, 5) is 34.7. The van der Waals surface area contributed by atoms with Crippen molar-refractivity contribution in [2.45, 2.75) is 6.61 Å². The van der Waals surface area contributed by atoms with Crippen molar-refractivity contribution in [1.82, 2.24) is 15.0 Å². The average molecular weight is 395 g/mol. The minimum absolute atomic E-state index is 0.0977. The number of fused-ring (bicyclic) bond motifs is 1. The average Bonchev–Trinajstić information content (AvgIpc) is 3.09. The lowest BCUT2D eigenvalue weighted by Gasteiger charge is -2.07. The lowest BCUT2D eigenvalue weighted by molar-refractivity contribution is 0.102. The molecule has 140 valence electrons. The zero-order chi connectivity index (χ0) is 19.5. The quantitative estimate of drug-likeness (QED) is 0.480. The Bertz CT molecular complexity index is 1180. The lowest BCUT2D eigenvalue weighted by atomic mass is 10.2. The summed E-state index contributed by atoms with van der Waals surface area (Å²) >= 11 is 5.93. The molecule has 0 bridgehead atoms. The summed E-state index contributed by atoms with van der Waals surface area (Å²) in [5, 5.41) is 3.22. The molecule has 3 N–H and O–H groups in total. The number of nitrogens with one attached hydrogen (secondary N) is 3. The van der Waals surface area contributed by atoms with Crippen LogP contribution >= 0.6 is 11.6 Å². The van der Waals surface area contributed by atoms with Gasteiger partial charge in [0.15, 0.2) is 5.75 Å². The van der Waals surface area contributed by atoms with Crippen LogP contribution in [0, 0.1) is 0 Å². The maximum atomic E-state index is 12.4. The first-order valence-electron chi connectivity index (χ1n) is 8.44. The molecule has 0 aliphatic heterocycles. The van der Waals surface area contributed by atoms with E-state index >= 15 is 0 Å². The number of carbonyl (C=O) groups excluding carboxylic acids is 1. The molecule has 4 rings (SSSR count). The van der Waals surface area contributed by atoms with Gasteiger partial charge in [0.25, 0.3) is 5.91 Å². The molecular formula is C20H15ClN4O3. The number of aromatic amines is 2. The Labute approximate surface area is 164 Å². The zero-order valence-electron chi connectivity index (χ0n) is 14.5. The fourth-order valence-electron chi connectivity index (χ4n) is 2.68. The van der Waals surface area contributed by atoms with E-state index in [9.17, 15) is 9.59 Å². The number of hydrogen-bond donors (Lipinski definition) is 3. The fraction of sp³-hybridized carbons (Fsp3) is 0.0500. The van der Waals surface area contributed by atoms with Gasteiger partial charge in [0.05, 0.1) is 11.0 Å². The third-order valence-corrected chi connectivity index (χ3v) is 4.26. The van der Waals surface area contributed by atoms with E-state index in [-0.39, 0.29) is 18.1 Å². The van der Waals surface area contributed by atoms with Crippen LogP contribution in [-0.4, -0.2) is 20.9 Å². The standard InChI is InChI=1S/C20H15ClN4O3/c21-13-5-3-4-12(8-13)11-28-18-10-22-16(9-17(18)26)19(27)25-20-23-14-6-1-2-7-15(14)24-20/h1-10H,11H2,(H,22,26)(H2,23,24,25,27). The molecule has 2 aromatic heterocycles. The minimum atomic E-state index is -0.488. The van der Waals surface area contributed by atoms with E-state index in [2.05, 4.69) is 20.3 Å². The number of imidazole rings is 1. The number of pyridine rings is 1. The van der Waals surface area contributed by atoms with Crippen LogP contribution in [0.3, 0.4) is 0 Å². The van der Waals surface area contributed by atoms with Crippen LogP contribution in [-0.2, 0) is 6.61 Å². The number of carbonyl (C=O) groups is 1. The molecule has 8 heteroatoms. The highest BCUT2D eigenvalue weighted by atomic mass is 35.5. The van der Waals surface area contributed by atoms with E-state index < -0.39 is 11.3 Å². The first-order chi connectivity index (χ1) is 13.6. The van der Waals surface area contributed by atoms with Gasteiger partial charge in [-0.3, -0.25) is 14.9 Å². The highest BCUT2D eigenvalue weighted by Crippen LogP contribution is 2.15. The molecule has 7 nitrogen and oxygen atoms in total. The van der Waals surface area contributed by atoms with Crippen LogP contribution in [0.15, 0.2) is 65.6 Å². The van der Waals surface area contributed by atoms with Crippen LogP contribution in [0.2, 0.25) is 5.02 Å². The smallest absolute Gasteiger partial charge is 0.274 e. The van der Waals surface area contributed by atoms with Crippen LogP contribution in [0.5, 0.6) is 5.75 Å². The van der Waals surface area contributed by atoms with E-state index in [1.165, 1.54) is 12.3 Å². The topological polar surface area (TPSA) is 99.9 Å². The summed E-state index contributed by atoms with van der Waals surface area (Å²) in [6.07, 6.45) is 1.36. The van der Waals surface area contributed by atoms with Gasteiger partial charge in [0, 0.05) is 17.3 Å². The number of anilines is 1. The number of H-pyrrole nitrogens is 2. The SMILES string of the molecule is O=C(Nc1nc2ccccc2[nH]1)c1cc(=O)c(OCc2cccc(Cl)c2)c[nH]1. The molecule has 0 radical (unpaired) electrons. The summed E-state index contributed by atoms with van der Waals surface area (Å²) in [6.45, 7) is 0.189. The summed E-state index contributed by atoms with van der Waals surface area (Å²) in [5.74, 6) is -0.0776. The normalized spacial score (nSPS) is 10.8. The van der Waals surface area contributed by atoms with E-state index in [0.717, 1.165) is 16.6 Å². The van der Waals surface area contributed by atoms with Gasteiger partial charge < -0.3 is 14.7 Å². The molecule has 28 heavy (non-hydrogen) atoms. The van der Waals surface area contributed by atoms with Crippen molar-refractivity contribution >= 4 is 34.5 Å². The van der Waals surface area contributed by atoms with Crippen molar-refractivity contribution in [1.29, 1.82) is 0 Å². The molecule has 4 aromatic rings. The van der Waals surface area contributed by atoms with Crippen molar-refractivity contribution in [3.8, 4) is 5.75 Å². The first kappa shape index (κ1) is 17.8. The zero-order valence-corrected chi connectivity index (χ0v) is 15.3. The predicted molar refractivity (Wildman–Crippen MR) is 107 cm³/mol. The Kier molecular flexibility index (Phi) is 4.82. The predicted octanol–water partition coefficient (Wildman–Crippen LogP) is 3.74. The maximum Gasteiger partial charge on any atom is 0.274 e. The Morgan fingerprint density at radius 3 is 2.79 bits per heavy atom. The monoisotopic (exact) mass is 394 g/mol. The molecular weight excluding hydrogens is 380 g/mol. The number of para-hydroxylation sites is 2. The van der Waals surface area contributed by atoms with Crippen molar-refractivity contribution in [3.05, 3.63) is 87.3 Å². The molecule has 0 aliphatic carbocycles. The number of rotatable bonds is 5. The Balaban J connectivity index is 1.45. The molecule has 0 saturated carbocycles. The van der Waals surface area contributed by atoms with E-state index in [0.29, 0.717) is 11.0 Å². The number of benzene rings is 2. The minimum Gasteiger partial charge on any atom is -0.483 e. The van der Waals surface area contributed by atoms with Crippen LogP contribution in [0.25, 0.3) is 11.0 Å². The molecule has 1 amide bonds. The second kappa shape index (κ2) is 7.58.